The van der Waals surface area contributed by atoms with Crippen LogP contribution in [0.25, 0.3) is 0 Å². The quantitative estimate of drug-likeness (QED) is 0.0137. The molecule has 0 aromatic heterocycles. The van der Waals surface area contributed by atoms with Crippen molar-refractivity contribution in [3.8, 4) is 23.0 Å². The number of phenolic OH excluding ortho intramolecular Hbond substituents is 4. The van der Waals surface area contributed by atoms with Gasteiger partial charge in [0.15, 0.2) is 0 Å². The molecule has 0 saturated carbocycles. The van der Waals surface area contributed by atoms with E-state index in [9.17, 15) is 28.8 Å². The van der Waals surface area contributed by atoms with E-state index in [2.05, 4.69) is 91.0 Å². The first-order valence-corrected chi connectivity index (χ1v) is 31.0. The first-order chi connectivity index (χ1) is 33.6. The summed E-state index contributed by atoms with van der Waals surface area (Å²) >= 11 is 0. The van der Waals surface area contributed by atoms with E-state index in [1.165, 1.54) is 60.6 Å². The summed E-state index contributed by atoms with van der Waals surface area (Å²) in [5.74, 6) is 1.33. The van der Waals surface area contributed by atoms with Crippen LogP contribution in [0, 0.1) is 41.5 Å². The lowest BCUT2D eigenvalue weighted by Gasteiger charge is -2.27. The molecule has 13 heteroatoms. The Kier molecular flexibility index (Phi) is 30.5. The fraction of sp³-hybridized carbons (Fsp3) is 0.500. The number of aromatic hydroxyl groups is 4. The lowest BCUT2D eigenvalue weighted by molar-refractivity contribution is 0.309. The zero-order chi connectivity index (χ0) is 52.6. The van der Waals surface area contributed by atoms with Crippen LogP contribution in [0.3, 0.4) is 0 Å². The van der Waals surface area contributed by atoms with Crippen molar-refractivity contribution in [1.29, 1.82) is 0 Å². The molecule has 0 saturated heterocycles. The number of benzene rings is 5. The first-order valence-electron chi connectivity index (χ1n) is 25.4. The number of hydrogen-bond donors (Lipinski definition) is 4. The van der Waals surface area contributed by atoms with Crippen molar-refractivity contribution in [3.05, 3.63) is 136 Å². The molecule has 4 N–H and O–H groups in total. The number of rotatable bonds is 26. The topological polar surface area (TPSA) is 181 Å². The van der Waals surface area contributed by atoms with Crippen molar-refractivity contribution in [2.24, 2.45) is 0 Å². The van der Waals surface area contributed by atoms with Crippen LogP contribution in [0.4, 0.5) is 0 Å². The molecule has 0 heterocycles. The van der Waals surface area contributed by atoms with Crippen LogP contribution >= 0.6 is 7.26 Å². The fourth-order valence-corrected chi connectivity index (χ4v) is 14.1. The zero-order valence-corrected chi connectivity index (χ0v) is 46.3. The van der Waals surface area contributed by atoms with Gasteiger partial charge in [0.2, 0.25) is 0 Å². The molecule has 73 heavy (non-hydrogen) atoms. The monoisotopic (exact) mass is 1070 g/mol. The van der Waals surface area contributed by atoms with Gasteiger partial charge in [-0.25, -0.2) is 8.42 Å². The van der Waals surface area contributed by atoms with Gasteiger partial charge in [-0.15, -0.1) is 0 Å². The number of unbranched alkanes of at least 4 members (excludes halogenated alkanes) is 14. The van der Waals surface area contributed by atoms with Crippen molar-refractivity contribution >= 4 is 43.4 Å². The van der Waals surface area contributed by atoms with Gasteiger partial charge >= 0.3 is 0 Å². The van der Waals surface area contributed by atoms with Crippen LogP contribution in [-0.4, -0.2) is 67.1 Å². The molecule has 5 rings (SSSR count). The fourth-order valence-electron chi connectivity index (χ4n) is 9.25. The molecule has 0 aliphatic rings. The normalized spacial score (nSPS) is 11.4. The van der Waals surface area contributed by atoms with E-state index in [0.29, 0.717) is 29.3 Å². The average molecular weight is 1070 g/mol. The number of hydrogen-bond acceptors (Lipinski definition) is 10. The third-order valence-electron chi connectivity index (χ3n) is 13.6. The zero-order valence-electron chi connectivity index (χ0n) is 43.8. The summed E-state index contributed by atoms with van der Waals surface area (Å²) in [4.78, 5) is 0. The van der Waals surface area contributed by atoms with E-state index >= 15 is 0 Å². The van der Waals surface area contributed by atoms with Gasteiger partial charge in [0.05, 0.1) is 29.1 Å². The third kappa shape index (κ3) is 22.1. The summed E-state index contributed by atoms with van der Waals surface area (Å²) in [5, 5.41) is 45.8. The summed E-state index contributed by atoms with van der Waals surface area (Å²) in [6.07, 6.45) is 22.7. The molecule has 0 radical (unpaired) electrons. The highest BCUT2D eigenvalue weighted by Gasteiger charge is 2.44. The molecule has 10 nitrogen and oxygen atoms in total. The summed E-state index contributed by atoms with van der Waals surface area (Å²) in [6, 6.07) is 33.6. The Labute approximate surface area is 442 Å². The van der Waals surface area contributed by atoms with Gasteiger partial charge in [0, 0.05) is 17.4 Å². The second kappa shape index (κ2) is 33.5. The van der Waals surface area contributed by atoms with Crippen molar-refractivity contribution < 1.29 is 46.0 Å². The predicted molar refractivity (Wildman–Crippen MR) is 309 cm³/mol. The minimum absolute atomic E-state index is 0. The molecule has 0 fully saturated rings. The average Bonchev–Trinajstić information content (AvgIpc) is 3.34. The molecule has 0 atom stereocenters. The summed E-state index contributed by atoms with van der Waals surface area (Å²) in [6.45, 7) is 11.5. The molecule has 0 aliphatic heterocycles. The third-order valence-corrected chi connectivity index (χ3v) is 18.7. The van der Waals surface area contributed by atoms with Crippen LogP contribution in [-0.2, 0) is 37.3 Å². The van der Waals surface area contributed by atoms with E-state index in [-0.39, 0.29) is 21.5 Å². The maximum Gasteiger partial charge on any atom is 0.264 e. The molecule has 0 amide bonds. The molecule has 0 bridgehead atoms. The summed E-state index contributed by atoms with van der Waals surface area (Å²) in [7, 11) is -8.93. The van der Waals surface area contributed by atoms with Gasteiger partial charge in [0.1, 0.15) is 46.2 Å². The molecule has 5 aromatic rings. The van der Waals surface area contributed by atoms with Crippen molar-refractivity contribution in [2.75, 3.05) is 25.3 Å². The molecule has 5 aromatic carbocycles. The van der Waals surface area contributed by atoms with E-state index in [1.807, 2.05) is 41.5 Å². The summed E-state index contributed by atoms with van der Waals surface area (Å²) < 4.78 is 53.6. The van der Waals surface area contributed by atoms with E-state index in [0.717, 1.165) is 128 Å². The van der Waals surface area contributed by atoms with Crippen molar-refractivity contribution in [1.82, 2.24) is 0 Å². The second-order valence-corrected chi connectivity index (χ2v) is 25.7. The van der Waals surface area contributed by atoms with Crippen LogP contribution in [0.5, 0.6) is 23.0 Å². The Hall–Kier alpha value is -4.45. The molecule has 0 spiro atoms. The van der Waals surface area contributed by atoms with Gasteiger partial charge in [-0.05, 0) is 156 Å². The largest absolute Gasteiger partial charge is 0.748 e. The second-order valence-electron chi connectivity index (χ2n) is 19.0. The molecule has 0 aliphatic carbocycles. The molecular weight excluding hydrogens is 976 g/mol. The van der Waals surface area contributed by atoms with Gasteiger partial charge in [-0.3, -0.25) is 4.18 Å². The Bertz CT molecular complexity index is 2420. The SMILES string of the molecule is C.C.CS(=O)(=O)[O-].Cc1c(C)c(O)c(CCCCCCCCCCOS(C)(=O)=O)c(C)c1O.Cc1c(C)c(O)c(CCCCCCCCCC[P+](c2ccccc2)(c2ccccc2)c2ccccc2)c(C)c1O. The van der Waals surface area contributed by atoms with E-state index in [1.54, 1.807) is 0 Å². The van der Waals surface area contributed by atoms with Crippen molar-refractivity contribution in [3.63, 3.8) is 0 Å². The van der Waals surface area contributed by atoms with Crippen LogP contribution in [0.2, 0.25) is 0 Å². The van der Waals surface area contributed by atoms with Gasteiger partial charge in [0.25, 0.3) is 10.1 Å². The highest BCUT2D eigenvalue weighted by atomic mass is 32.2. The minimum Gasteiger partial charge on any atom is -0.748 e. The van der Waals surface area contributed by atoms with Crippen LogP contribution < -0.4 is 15.9 Å². The van der Waals surface area contributed by atoms with Gasteiger partial charge in [-0.2, -0.15) is 8.42 Å². The predicted octanol–water partition coefficient (Wildman–Crippen LogP) is 13.8. The molecule has 0 unspecified atom stereocenters. The van der Waals surface area contributed by atoms with Crippen molar-refractivity contribution in [2.45, 2.75) is 172 Å². The van der Waals surface area contributed by atoms with Crippen LogP contribution in [0.15, 0.2) is 91.0 Å². The highest BCUT2D eigenvalue weighted by Crippen LogP contribution is 2.56. The minimum atomic E-state index is -3.92. The maximum atomic E-state index is 10.8. The Morgan fingerprint density at radius 3 is 0.973 bits per heavy atom. The molecule has 408 valence electrons. The van der Waals surface area contributed by atoms with E-state index in [4.69, 9.17) is 17.2 Å². The van der Waals surface area contributed by atoms with Gasteiger partial charge < -0.3 is 25.0 Å². The first kappa shape index (κ1) is 66.6. The lowest BCUT2D eigenvalue weighted by Crippen LogP contribution is -2.33. The smallest absolute Gasteiger partial charge is 0.264 e. The Morgan fingerprint density at radius 2 is 0.671 bits per heavy atom. The summed E-state index contributed by atoms with van der Waals surface area (Å²) in [5.41, 5.74) is 6.53. The van der Waals surface area contributed by atoms with E-state index < -0.39 is 27.5 Å². The lowest BCUT2D eigenvalue weighted by atomic mass is 9.94. The van der Waals surface area contributed by atoms with Crippen LogP contribution in [0.1, 0.15) is 162 Å². The standard InChI is InChI=1S/C37H45O2P.C20H34O5S.CH4O3S.2CH4/c1-29-30(2)37(39)35(31(3)36(29)38)27-19-8-6-4-5-7-9-20-28-40(32-21-13-10-14-22-32,33-23-15-11-16-24-33)34-25-17-12-18-26-34;1-15-16(2)20(22)18(17(3)19(15)21)13-11-9-7-5-6-8-10-12-14-25-26(4,23)24;1-5(2,3)4;;/h10-18,21-26H,4-9,19-20,27-28H2,1-3H3,(H-,38,39);21-22H,5-14H2,1-4H3;1H3,(H,2,3,4);2*1H4. The highest BCUT2D eigenvalue weighted by molar-refractivity contribution is 7.95. The Morgan fingerprint density at radius 1 is 0.411 bits per heavy atom. The Balaban J connectivity index is 0.000000699. The maximum absolute atomic E-state index is 10.8. The molecular formula is C60H91O10PS2. The number of phenols is 4. The van der Waals surface area contributed by atoms with Gasteiger partial charge in [-0.1, -0.05) is 140 Å².